The Morgan fingerprint density at radius 1 is 0.963 bits per heavy atom. The summed E-state index contributed by atoms with van der Waals surface area (Å²) in [5.41, 5.74) is 2.09. The average Bonchev–Trinajstić information content (AvgIpc) is 2.72. The molecule has 0 heterocycles. The molecule has 3 rings (SSSR count). The standard InChI is InChI=1S/C23H23NO3/c1-26-22-15-14-19(20-12-5-6-13-21(20)22)11-7-8-16-24-23(25)27-17-18-9-3-2-4-10-18/h2-7,9-15H,8,16-17H2,1H3,(H,24,25). The van der Waals surface area contributed by atoms with Crippen LogP contribution in [0, 0.1) is 0 Å². The molecule has 1 N–H and O–H groups in total. The van der Waals surface area contributed by atoms with Gasteiger partial charge >= 0.3 is 6.09 Å². The van der Waals surface area contributed by atoms with Gasteiger partial charge in [0.05, 0.1) is 7.11 Å². The van der Waals surface area contributed by atoms with Crippen molar-refractivity contribution in [3.8, 4) is 5.75 Å². The molecule has 0 atom stereocenters. The van der Waals surface area contributed by atoms with E-state index in [1.54, 1.807) is 7.11 Å². The van der Waals surface area contributed by atoms with E-state index in [1.807, 2.05) is 60.7 Å². The van der Waals surface area contributed by atoms with Crippen molar-refractivity contribution < 1.29 is 14.3 Å². The van der Waals surface area contributed by atoms with E-state index in [1.165, 1.54) is 0 Å². The molecule has 1 amide bonds. The third-order valence-electron chi connectivity index (χ3n) is 4.23. The Morgan fingerprint density at radius 3 is 2.48 bits per heavy atom. The lowest BCUT2D eigenvalue weighted by molar-refractivity contribution is 0.140. The number of nitrogens with one attached hydrogen (secondary N) is 1. The summed E-state index contributed by atoms with van der Waals surface area (Å²) in [5, 5.41) is 4.99. The van der Waals surface area contributed by atoms with E-state index in [4.69, 9.17) is 9.47 Å². The zero-order valence-corrected chi connectivity index (χ0v) is 15.4. The maximum absolute atomic E-state index is 11.7. The molecular weight excluding hydrogens is 338 g/mol. The molecule has 4 nitrogen and oxygen atoms in total. The summed E-state index contributed by atoms with van der Waals surface area (Å²) >= 11 is 0. The van der Waals surface area contributed by atoms with Crippen LogP contribution < -0.4 is 10.1 Å². The number of rotatable bonds is 7. The summed E-state index contributed by atoms with van der Waals surface area (Å²) in [6, 6.07) is 21.8. The molecule has 0 saturated carbocycles. The van der Waals surface area contributed by atoms with Crippen LogP contribution in [0.5, 0.6) is 5.75 Å². The molecule has 138 valence electrons. The van der Waals surface area contributed by atoms with Crippen LogP contribution in [-0.2, 0) is 11.3 Å². The summed E-state index contributed by atoms with van der Waals surface area (Å²) in [6.07, 6.45) is 4.44. The summed E-state index contributed by atoms with van der Waals surface area (Å²) < 4.78 is 10.6. The fourth-order valence-corrected chi connectivity index (χ4v) is 2.86. The SMILES string of the molecule is COc1ccc(C=CCCNC(=O)OCc2ccccc2)c2ccccc12. The first kappa shape index (κ1) is 18.5. The maximum Gasteiger partial charge on any atom is 0.407 e. The lowest BCUT2D eigenvalue weighted by Crippen LogP contribution is -2.24. The van der Waals surface area contributed by atoms with Gasteiger partial charge in [0, 0.05) is 11.9 Å². The summed E-state index contributed by atoms with van der Waals surface area (Å²) in [5.74, 6) is 0.866. The van der Waals surface area contributed by atoms with Crippen molar-refractivity contribution in [1.82, 2.24) is 5.32 Å². The van der Waals surface area contributed by atoms with E-state index in [9.17, 15) is 4.79 Å². The monoisotopic (exact) mass is 361 g/mol. The number of alkyl carbamates (subject to hydrolysis) is 1. The Bertz CT molecular complexity index is 919. The Morgan fingerprint density at radius 2 is 1.70 bits per heavy atom. The fraction of sp³-hybridized carbons (Fsp3) is 0.174. The number of carbonyl (C=O) groups excluding carboxylic acids is 1. The van der Waals surface area contributed by atoms with E-state index in [0.29, 0.717) is 6.54 Å². The number of hydrogen-bond donors (Lipinski definition) is 1. The Kier molecular flexibility index (Phi) is 6.47. The quantitative estimate of drug-likeness (QED) is 0.590. The van der Waals surface area contributed by atoms with Crippen molar-refractivity contribution in [3.05, 3.63) is 83.9 Å². The number of benzene rings is 3. The number of amides is 1. The second-order valence-electron chi connectivity index (χ2n) is 6.08. The van der Waals surface area contributed by atoms with Gasteiger partial charge in [-0.1, -0.05) is 72.8 Å². The fourth-order valence-electron chi connectivity index (χ4n) is 2.86. The second kappa shape index (κ2) is 9.43. The maximum atomic E-state index is 11.7. The van der Waals surface area contributed by atoms with Gasteiger partial charge in [0.15, 0.2) is 0 Å². The van der Waals surface area contributed by atoms with Crippen LogP contribution in [0.3, 0.4) is 0 Å². The first-order valence-electron chi connectivity index (χ1n) is 8.95. The molecule has 0 aliphatic heterocycles. The van der Waals surface area contributed by atoms with Gasteiger partial charge in [-0.25, -0.2) is 4.79 Å². The van der Waals surface area contributed by atoms with Gasteiger partial charge in [0.1, 0.15) is 12.4 Å². The normalized spacial score (nSPS) is 10.9. The van der Waals surface area contributed by atoms with Crippen LogP contribution >= 0.6 is 0 Å². The topological polar surface area (TPSA) is 47.6 Å². The molecule has 0 saturated heterocycles. The molecule has 0 bridgehead atoms. The van der Waals surface area contributed by atoms with Crippen molar-refractivity contribution in [3.63, 3.8) is 0 Å². The summed E-state index contributed by atoms with van der Waals surface area (Å²) in [6.45, 7) is 0.804. The van der Waals surface area contributed by atoms with Crippen LogP contribution in [0.25, 0.3) is 16.8 Å². The Balaban J connectivity index is 1.48. The van der Waals surface area contributed by atoms with Gasteiger partial charge in [-0.15, -0.1) is 0 Å². The van der Waals surface area contributed by atoms with E-state index in [0.717, 1.165) is 34.1 Å². The summed E-state index contributed by atoms with van der Waals surface area (Å²) in [4.78, 5) is 11.7. The van der Waals surface area contributed by atoms with Crippen LogP contribution in [0.15, 0.2) is 72.8 Å². The van der Waals surface area contributed by atoms with Crippen LogP contribution in [0.4, 0.5) is 4.79 Å². The zero-order valence-electron chi connectivity index (χ0n) is 15.4. The molecule has 3 aromatic rings. The third kappa shape index (κ3) is 5.11. The van der Waals surface area contributed by atoms with Crippen LogP contribution in [0.1, 0.15) is 17.5 Å². The molecule has 0 fully saturated rings. The number of carbonyl (C=O) groups is 1. The van der Waals surface area contributed by atoms with E-state index >= 15 is 0 Å². The highest BCUT2D eigenvalue weighted by Crippen LogP contribution is 2.28. The molecule has 27 heavy (non-hydrogen) atoms. The largest absolute Gasteiger partial charge is 0.496 e. The van der Waals surface area contributed by atoms with Crippen LogP contribution in [-0.4, -0.2) is 19.7 Å². The lowest BCUT2D eigenvalue weighted by Gasteiger charge is -2.08. The van der Waals surface area contributed by atoms with Gasteiger partial charge in [-0.3, -0.25) is 0 Å². The van der Waals surface area contributed by atoms with Crippen LogP contribution in [0.2, 0.25) is 0 Å². The van der Waals surface area contributed by atoms with E-state index in [-0.39, 0.29) is 6.61 Å². The average molecular weight is 361 g/mol. The lowest BCUT2D eigenvalue weighted by atomic mass is 10.0. The van der Waals surface area contributed by atoms with Gasteiger partial charge in [0.2, 0.25) is 0 Å². The smallest absolute Gasteiger partial charge is 0.407 e. The number of methoxy groups -OCH3 is 1. The number of fused-ring (bicyclic) bond motifs is 1. The molecule has 3 aromatic carbocycles. The van der Waals surface area contributed by atoms with Gasteiger partial charge in [0.25, 0.3) is 0 Å². The molecule has 0 aliphatic carbocycles. The van der Waals surface area contributed by atoms with E-state index in [2.05, 4.69) is 23.5 Å². The van der Waals surface area contributed by atoms with Gasteiger partial charge < -0.3 is 14.8 Å². The van der Waals surface area contributed by atoms with Crippen molar-refractivity contribution >= 4 is 22.9 Å². The van der Waals surface area contributed by atoms with Crippen molar-refractivity contribution in [2.75, 3.05) is 13.7 Å². The minimum atomic E-state index is -0.401. The second-order valence-corrected chi connectivity index (χ2v) is 6.08. The number of ether oxygens (including phenoxy) is 2. The molecule has 4 heteroatoms. The minimum absolute atomic E-state index is 0.278. The van der Waals surface area contributed by atoms with Gasteiger partial charge in [-0.05, 0) is 29.0 Å². The molecular formula is C23H23NO3. The number of hydrogen-bond acceptors (Lipinski definition) is 3. The molecule has 0 aromatic heterocycles. The predicted octanol–water partition coefficient (Wildman–Crippen LogP) is 5.18. The predicted molar refractivity (Wildman–Crippen MR) is 109 cm³/mol. The van der Waals surface area contributed by atoms with Gasteiger partial charge in [-0.2, -0.15) is 0 Å². The first-order chi connectivity index (χ1) is 13.3. The highest BCUT2D eigenvalue weighted by molar-refractivity contribution is 5.94. The highest BCUT2D eigenvalue weighted by atomic mass is 16.5. The van der Waals surface area contributed by atoms with Crippen molar-refractivity contribution in [2.45, 2.75) is 13.0 Å². The minimum Gasteiger partial charge on any atom is -0.496 e. The summed E-state index contributed by atoms with van der Waals surface area (Å²) in [7, 11) is 1.68. The van der Waals surface area contributed by atoms with Crippen molar-refractivity contribution in [1.29, 1.82) is 0 Å². The Labute approximate surface area is 159 Å². The zero-order chi connectivity index (χ0) is 18.9. The molecule has 0 unspecified atom stereocenters. The molecule has 0 aliphatic rings. The van der Waals surface area contributed by atoms with E-state index < -0.39 is 6.09 Å². The first-order valence-corrected chi connectivity index (χ1v) is 8.95. The third-order valence-corrected chi connectivity index (χ3v) is 4.23. The molecule has 0 radical (unpaired) electrons. The molecule has 0 spiro atoms. The Hall–Kier alpha value is -3.27. The van der Waals surface area contributed by atoms with Crippen molar-refractivity contribution in [2.24, 2.45) is 0 Å². The highest BCUT2D eigenvalue weighted by Gasteiger charge is 2.04.